The molecule has 0 radical (unpaired) electrons. The van der Waals surface area contributed by atoms with Crippen LogP contribution in [0.3, 0.4) is 0 Å². The first-order valence-corrected chi connectivity index (χ1v) is 11.2. The highest BCUT2D eigenvalue weighted by atomic mass is 16.2. The quantitative estimate of drug-likeness (QED) is 0.703. The molecule has 6 rings (SSSR count). The van der Waals surface area contributed by atoms with Crippen LogP contribution in [-0.4, -0.2) is 17.4 Å². The van der Waals surface area contributed by atoms with Gasteiger partial charge in [-0.25, -0.2) is 0 Å². The third-order valence-electron chi connectivity index (χ3n) is 8.38. The molecule has 2 N–H and O–H groups in total. The maximum atomic E-state index is 13.3. The number of hydrogen-bond acceptors (Lipinski definition) is 2. The van der Waals surface area contributed by atoms with Gasteiger partial charge in [0.25, 0.3) is 5.91 Å². The maximum absolute atomic E-state index is 13.3. The van der Waals surface area contributed by atoms with Gasteiger partial charge in [0.05, 0.1) is 0 Å². The first kappa shape index (κ1) is 18.6. The van der Waals surface area contributed by atoms with Crippen LogP contribution in [0.5, 0.6) is 0 Å². The second-order valence-electron chi connectivity index (χ2n) is 9.64. The molecule has 0 aromatic heterocycles. The van der Waals surface area contributed by atoms with Gasteiger partial charge in [0, 0.05) is 17.0 Å². The summed E-state index contributed by atoms with van der Waals surface area (Å²) < 4.78 is 0. The fraction of sp³-hybridized carbons (Fsp3) is 0.333. The number of rotatable bonds is 6. The summed E-state index contributed by atoms with van der Waals surface area (Å²) in [5.41, 5.74) is 2.51. The van der Waals surface area contributed by atoms with Crippen LogP contribution in [0.15, 0.2) is 72.4 Å². The van der Waals surface area contributed by atoms with Gasteiger partial charge in [-0.05, 0) is 66.7 Å². The Labute approximate surface area is 182 Å². The molecular weight excluding hydrogens is 384 g/mol. The standard InChI is InChI=1S/C27H26N2O2/c30-24(12-11-18-7-3-1-4-8-18)28-23(13-19-9-5-2-6-10-19)25(31)29-26-16-21-14-20-15-22(17-26)27(20,21)26/h1-13,20-22H,14-17H2,(H,28,30)(H,29,31)/b12-11+,23-13-. The van der Waals surface area contributed by atoms with Crippen molar-refractivity contribution in [2.75, 3.05) is 0 Å². The molecule has 4 aliphatic rings. The van der Waals surface area contributed by atoms with Crippen molar-refractivity contribution in [2.24, 2.45) is 23.2 Å². The van der Waals surface area contributed by atoms with Gasteiger partial charge in [0.1, 0.15) is 5.70 Å². The monoisotopic (exact) mass is 410 g/mol. The fourth-order valence-corrected chi connectivity index (χ4v) is 7.21. The molecule has 2 amide bonds. The van der Waals surface area contributed by atoms with Crippen molar-refractivity contribution in [2.45, 2.75) is 31.2 Å². The molecule has 2 unspecified atom stereocenters. The SMILES string of the molecule is O=C(/C=C/c1ccccc1)N/C(=C\c1ccccc1)C(=O)NC12CC3CC4CC(C1)C432. The first-order chi connectivity index (χ1) is 15.1. The van der Waals surface area contributed by atoms with Crippen molar-refractivity contribution in [3.8, 4) is 0 Å². The van der Waals surface area contributed by atoms with Gasteiger partial charge in [-0.15, -0.1) is 0 Å². The lowest BCUT2D eigenvalue weighted by molar-refractivity contribution is -0.394. The number of benzene rings is 2. The topological polar surface area (TPSA) is 58.2 Å². The van der Waals surface area contributed by atoms with E-state index in [4.69, 9.17) is 0 Å². The molecule has 1 spiro atoms. The summed E-state index contributed by atoms with van der Waals surface area (Å²) >= 11 is 0. The molecule has 4 saturated carbocycles. The van der Waals surface area contributed by atoms with E-state index >= 15 is 0 Å². The highest BCUT2D eigenvalue weighted by Crippen LogP contribution is 2.89. The lowest BCUT2D eigenvalue weighted by Crippen LogP contribution is -2.92. The van der Waals surface area contributed by atoms with Crippen molar-refractivity contribution in [1.82, 2.24) is 10.6 Å². The van der Waals surface area contributed by atoms with Crippen LogP contribution in [0.2, 0.25) is 0 Å². The largest absolute Gasteiger partial charge is 0.345 e. The van der Waals surface area contributed by atoms with Crippen LogP contribution in [0.25, 0.3) is 12.2 Å². The Bertz CT molecular complexity index is 1080. The van der Waals surface area contributed by atoms with Gasteiger partial charge < -0.3 is 10.6 Å². The number of amides is 2. The highest BCUT2D eigenvalue weighted by Gasteiger charge is 2.88. The van der Waals surface area contributed by atoms with E-state index in [9.17, 15) is 9.59 Å². The molecule has 4 heteroatoms. The van der Waals surface area contributed by atoms with Gasteiger partial charge in [-0.1, -0.05) is 60.7 Å². The smallest absolute Gasteiger partial charge is 0.268 e. The third kappa shape index (κ3) is 2.60. The van der Waals surface area contributed by atoms with Gasteiger partial charge in [-0.3, -0.25) is 9.59 Å². The molecule has 2 aromatic rings. The molecule has 0 saturated heterocycles. The molecule has 156 valence electrons. The number of hydrogen-bond donors (Lipinski definition) is 2. The molecule has 0 aliphatic heterocycles. The summed E-state index contributed by atoms with van der Waals surface area (Å²) in [5.74, 6) is 1.97. The summed E-state index contributed by atoms with van der Waals surface area (Å²) in [7, 11) is 0. The second-order valence-corrected chi connectivity index (χ2v) is 9.64. The minimum Gasteiger partial charge on any atom is -0.345 e. The predicted octanol–water partition coefficient (Wildman–Crippen LogP) is 4.16. The van der Waals surface area contributed by atoms with Crippen molar-refractivity contribution < 1.29 is 9.59 Å². The normalized spacial score (nSPS) is 34.2. The van der Waals surface area contributed by atoms with Crippen molar-refractivity contribution in [3.63, 3.8) is 0 Å². The Hall–Kier alpha value is -3.14. The second kappa shape index (κ2) is 6.68. The van der Waals surface area contributed by atoms with Crippen LogP contribution >= 0.6 is 0 Å². The van der Waals surface area contributed by atoms with Gasteiger partial charge in [-0.2, -0.15) is 0 Å². The Kier molecular flexibility index (Phi) is 4.01. The summed E-state index contributed by atoms with van der Waals surface area (Å²) in [6, 6.07) is 19.3. The number of nitrogens with one attached hydrogen (secondary N) is 2. The Balaban J connectivity index is 1.21. The van der Waals surface area contributed by atoms with Gasteiger partial charge >= 0.3 is 0 Å². The summed E-state index contributed by atoms with van der Waals surface area (Å²) in [6.07, 6.45) is 9.90. The van der Waals surface area contributed by atoms with Crippen LogP contribution in [0.1, 0.15) is 36.8 Å². The minimum absolute atomic E-state index is 0.0268. The molecular formula is C27H26N2O2. The zero-order valence-electron chi connectivity index (χ0n) is 17.4. The Morgan fingerprint density at radius 3 is 2.03 bits per heavy atom. The predicted molar refractivity (Wildman–Crippen MR) is 120 cm³/mol. The Morgan fingerprint density at radius 2 is 1.45 bits per heavy atom. The zero-order chi connectivity index (χ0) is 21.1. The average Bonchev–Trinajstić information content (AvgIpc) is 2.73. The van der Waals surface area contributed by atoms with Crippen LogP contribution < -0.4 is 10.6 Å². The van der Waals surface area contributed by atoms with Crippen LogP contribution in [-0.2, 0) is 9.59 Å². The van der Waals surface area contributed by atoms with Crippen molar-refractivity contribution >= 4 is 24.0 Å². The van der Waals surface area contributed by atoms with E-state index in [2.05, 4.69) is 10.6 Å². The molecule has 2 atom stereocenters. The van der Waals surface area contributed by atoms with E-state index in [0.29, 0.717) is 11.1 Å². The van der Waals surface area contributed by atoms with Gasteiger partial charge in [0.15, 0.2) is 0 Å². The third-order valence-corrected chi connectivity index (χ3v) is 8.38. The molecule has 4 nitrogen and oxygen atoms in total. The summed E-state index contributed by atoms with van der Waals surface area (Å²) in [6.45, 7) is 0. The van der Waals surface area contributed by atoms with E-state index in [0.717, 1.165) is 41.7 Å². The van der Waals surface area contributed by atoms with Crippen molar-refractivity contribution in [3.05, 3.63) is 83.6 Å². The number of carbonyl (C=O) groups is 2. The van der Waals surface area contributed by atoms with Gasteiger partial charge in [0.2, 0.25) is 5.91 Å². The average molecular weight is 411 g/mol. The zero-order valence-corrected chi connectivity index (χ0v) is 17.4. The minimum atomic E-state index is -0.306. The van der Waals surface area contributed by atoms with E-state index in [1.54, 1.807) is 12.2 Å². The van der Waals surface area contributed by atoms with E-state index in [1.165, 1.54) is 18.9 Å². The summed E-state index contributed by atoms with van der Waals surface area (Å²) in [5, 5.41) is 6.20. The van der Waals surface area contributed by atoms with E-state index < -0.39 is 0 Å². The molecule has 0 heterocycles. The Morgan fingerprint density at radius 1 is 0.839 bits per heavy atom. The molecule has 2 aromatic carbocycles. The summed E-state index contributed by atoms with van der Waals surface area (Å²) in [4.78, 5) is 25.9. The molecule has 0 bridgehead atoms. The van der Waals surface area contributed by atoms with E-state index in [-0.39, 0.29) is 17.4 Å². The molecule has 31 heavy (non-hydrogen) atoms. The van der Waals surface area contributed by atoms with Crippen LogP contribution in [0, 0.1) is 23.2 Å². The fourth-order valence-electron chi connectivity index (χ4n) is 7.21. The lowest BCUT2D eigenvalue weighted by atomic mass is 9.15. The highest BCUT2D eigenvalue weighted by molar-refractivity contribution is 6.04. The maximum Gasteiger partial charge on any atom is 0.268 e. The van der Waals surface area contributed by atoms with Crippen molar-refractivity contribution in [1.29, 1.82) is 0 Å². The first-order valence-electron chi connectivity index (χ1n) is 11.2. The molecule has 4 aliphatic carbocycles. The lowest BCUT2D eigenvalue weighted by Gasteiger charge is -2.91. The van der Waals surface area contributed by atoms with Crippen LogP contribution in [0.4, 0.5) is 0 Å². The van der Waals surface area contributed by atoms with E-state index in [1.807, 2.05) is 60.7 Å². The molecule has 4 fully saturated rings. The number of carbonyl (C=O) groups excluding carboxylic acids is 2.